The van der Waals surface area contributed by atoms with Crippen LogP contribution in [-0.4, -0.2) is 24.9 Å². The van der Waals surface area contributed by atoms with Gasteiger partial charge < -0.3 is 9.97 Å². The van der Waals surface area contributed by atoms with Gasteiger partial charge in [0.25, 0.3) is 0 Å². The maximum Gasteiger partial charge on any atom is 0.141 e. The van der Waals surface area contributed by atoms with Crippen molar-refractivity contribution in [2.24, 2.45) is 0 Å². The van der Waals surface area contributed by atoms with E-state index in [-0.39, 0.29) is 5.41 Å². The summed E-state index contributed by atoms with van der Waals surface area (Å²) in [6.07, 6.45) is 3.64. The molecule has 0 aliphatic rings. The van der Waals surface area contributed by atoms with Gasteiger partial charge in [0.05, 0.1) is 22.1 Å². The molecule has 6 rings (SSSR count). The van der Waals surface area contributed by atoms with Crippen molar-refractivity contribution in [3.05, 3.63) is 66.1 Å². The molecule has 0 saturated carbocycles. The fourth-order valence-corrected chi connectivity index (χ4v) is 4.84. The lowest BCUT2D eigenvalue weighted by Gasteiger charge is -2.18. The van der Waals surface area contributed by atoms with Gasteiger partial charge >= 0.3 is 0 Å². The highest BCUT2D eigenvalue weighted by atomic mass is 14.9. The van der Waals surface area contributed by atoms with E-state index in [0.717, 1.165) is 49.7 Å². The van der Waals surface area contributed by atoms with E-state index in [4.69, 9.17) is 4.98 Å². The van der Waals surface area contributed by atoms with Crippen molar-refractivity contribution in [1.82, 2.24) is 24.9 Å². The van der Waals surface area contributed by atoms with E-state index in [1.165, 1.54) is 16.6 Å². The summed E-state index contributed by atoms with van der Waals surface area (Å²) in [6.45, 7) is 11.2. The van der Waals surface area contributed by atoms with Crippen molar-refractivity contribution >= 4 is 43.7 Å². The highest BCUT2D eigenvalue weighted by Gasteiger charge is 2.26. The van der Waals surface area contributed by atoms with Gasteiger partial charge in [-0.3, -0.25) is 9.97 Å². The summed E-state index contributed by atoms with van der Waals surface area (Å²) in [7, 11) is 0. The van der Waals surface area contributed by atoms with Crippen molar-refractivity contribution in [2.75, 3.05) is 0 Å². The number of fused-ring (bicyclic) bond motifs is 7. The Bertz CT molecular complexity index is 1610. The lowest BCUT2D eigenvalue weighted by Crippen LogP contribution is -2.13. The summed E-state index contributed by atoms with van der Waals surface area (Å²) in [5.41, 5.74) is 8.43. The number of hydrogen-bond donors (Lipinski definition) is 2. The summed E-state index contributed by atoms with van der Waals surface area (Å²) in [4.78, 5) is 21.9. The molecule has 0 aliphatic heterocycles. The van der Waals surface area contributed by atoms with Crippen LogP contribution in [0.25, 0.3) is 55.1 Å². The number of nitrogens with one attached hydrogen (secondary N) is 2. The number of benzene rings is 2. The standard InChI is InChI=1S/C28H27N5/c1-15(2)16-10-11-20-19(14-16)21(26(31-20)28(3,4)5)27-32-24-17-8-6-12-29-22(17)23-18(25(24)33-27)9-7-13-30-23/h6-15,31H,1-5H3,(H,32,33). The van der Waals surface area contributed by atoms with Crippen molar-refractivity contribution < 1.29 is 0 Å². The molecule has 0 amide bonds. The first kappa shape index (κ1) is 19.9. The van der Waals surface area contributed by atoms with Gasteiger partial charge in [-0.15, -0.1) is 0 Å². The minimum atomic E-state index is -0.0709. The molecule has 5 nitrogen and oxygen atoms in total. The fraction of sp³-hybridized carbons (Fsp3) is 0.250. The lowest BCUT2D eigenvalue weighted by atomic mass is 9.88. The number of pyridine rings is 2. The van der Waals surface area contributed by atoms with Crippen molar-refractivity contribution in [3.8, 4) is 11.4 Å². The quantitative estimate of drug-likeness (QED) is 0.283. The molecule has 0 aliphatic carbocycles. The van der Waals surface area contributed by atoms with Gasteiger partial charge in [0.1, 0.15) is 5.82 Å². The van der Waals surface area contributed by atoms with E-state index in [1.807, 2.05) is 24.5 Å². The van der Waals surface area contributed by atoms with E-state index >= 15 is 0 Å². The molecule has 0 atom stereocenters. The highest BCUT2D eigenvalue weighted by Crippen LogP contribution is 2.41. The normalized spacial score (nSPS) is 12.7. The molecule has 2 N–H and O–H groups in total. The monoisotopic (exact) mass is 433 g/mol. The molecule has 5 heteroatoms. The van der Waals surface area contributed by atoms with Gasteiger partial charge in [0.2, 0.25) is 0 Å². The third-order valence-corrected chi connectivity index (χ3v) is 6.54. The summed E-state index contributed by atoms with van der Waals surface area (Å²) >= 11 is 0. The Hall–Kier alpha value is -3.73. The first-order valence-corrected chi connectivity index (χ1v) is 11.5. The summed E-state index contributed by atoms with van der Waals surface area (Å²) in [5, 5.41) is 3.26. The van der Waals surface area contributed by atoms with Gasteiger partial charge in [0.15, 0.2) is 0 Å². The second kappa shape index (κ2) is 6.88. The Balaban J connectivity index is 1.76. The molecule has 0 spiro atoms. The number of H-pyrrole nitrogens is 2. The topological polar surface area (TPSA) is 70.2 Å². The van der Waals surface area contributed by atoms with Gasteiger partial charge in [-0.2, -0.15) is 0 Å². The molecule has 6 aromatic rings. The Morgan fingerprint density at radius 2 is 1.48 bits per heavy atom. The third kappa shape index (κ3) is 2.95. The Morgan fingerprint density at radius 3 is 2.18 bits per heavy atom. The molecule has 164 valence electrons. The molecule has 0 bridgehead atoms. The number of aromatic nitrogens is 5. The van der Waals surface area contributed by atoms with E-state index in [9.17, 15) is 0 Å². The van der Waals surface area contributed by atoms with Crippen LogP contribution in [0.3, 0.4) is 0 Å². The molecule has 0 saturated heterocycles. The molecule has 0 radical (unpaired) electrons. The first-order chi connectivity index (χ1) is 15.8. The van der Waals surface area contributed by atoms with Crippen molar-refractivity contribution in [1.29, 1.82) is 0 Å². The summed E-state index contributed by atoms with van der Waals surface area (Å²) in [5.74, 6) is 1.33. The van der Waals surface area contributed by atoms with Crippen LogP contribution in [0.1, 0.15) is 51.8 Å². The van der Waals surface area contributed by atoms with Crippen LogP contribution in [0.5, 0.6) is 0 Å². The van der Waals surface area contributed by atoms with Crippen LogP contribution in [0.4, 0.5) is 0 Å². The van der Waals surface area contributed by atoms with Crippen LogP contribution < -0.4 is 0 Å². The van der Waals surface area contributed by atoms with Crippen molar-refractivity contribution in [3.63, 3.8) is 0 Å². The maximum absolute atomic E-state index is 5.19. The summed E-state index contributed by atoms with van der Waals surface area (Å²) in [6, 6.07) is 14.8. The molecule has 33 heavy (non-hydrogen) atoms. The minimum Gasteiger partial charge on any atom is -0.357 e. The molecule has 2 aromatic carbocycles. The smallest absolute Gasteiger partial charge is 0.141 e. The third-order valence-electron chi connectivity index (χ3n) is 6.54. The molecule has 4 heterocycles. The molecule has 0 unspecified atom stereocenters. The summed E-state index contributed by atoms with van der Waals surface area (Å²) < 4.78 is 0. The van der Waals surface area contributed by atoms with Gasteiger partial charge in [-0.05, 0) is 47.9 Å². The van der Waals surface area contributed by atoms with Crippen LogP contribution in [0, 0.1) is 0 Å². The number of hydrogen-bond acceptors (Lipinski definition) is 3. The second-order valence-corrected chi connectivity index (χ2v) is 10.2. The Morgan fingerprint density at radius 1 is 0.788 bits per heavy atom. The van der Waals surface area contributed by atoms with Crippen LogP contribution >= 0.6 is 0 Å². The first-order valence-electron chi connectivity index (χ1n) is 11.5. The number of nitrogens with zero attached hydrogens (tertiary/aromatic N) is 3. The van der Waals surface area contributed by atoms with Gasteiger partial charge in [-0.25, -0.2) is 4.98 Å². The number of rotatable bonds is 2. The van der Waals surface area contributed by atoms with Gasteiger partial charge in [0, 0.05) is 50.7 Å². The largest absolute Gasteiger partial charge is 0.357 e. The maximum atomic E-state index is 5.19. The van der Waals surface area contributed by atoms with Gasteiger partial charge in [-0.1, -0.05) is 40.7 Å². The van der Waals surface area contributed by atoms with E-state index < -0.39 is 0 Å². The van der Waals surface area contributed by atoms with Crippen LogP contribution in [0.15, 0.2) is 54.9 Å². The zero-order chi connectivity index (χ0) is 22.9. The highest BCUT2D eigenvalue weighted by molar-refractivity contribution is 6.21. The lowest BCUT2D eigenvalue weighted by molar-refractivity contribution is 0.575. The Kier molecular flexibility index (Phi) is 4.15. The predicted molar refractivity (Wildman–Crippen MR) is 137 cm³/mol. The fourth-order valence-electron chi connectivity index (χ4n) is 4.84. The SMILES string of the molecule is CC(C)c1ccc2[nH]c(C(C)(C)C)c(-c3nc4c5cccnc5c5ncccc5c4[nH]3)c2c1. The van der Waals surface area contributed by atoms with E-state index in [1.54, 1.807) is 0 Å². The second-order valence-electron chi connectivity index (χ2n) is 10.2. The van der Waals surface area contributed by atoms with E-state index in [2.05, 4.69) is 84.9 Å². The molecular formula is C28H27N5. The van der Waals surface area contributed by atoms with E-state index in [0.29, 0.717) is 5.92 Å². The molecular weight excluding hydrogens is 406 g/mol. The molecule has 4 aromatic heterocycles. The average molecular weight is 434 g/mol. The minimum absolute atomic E-state index is 0.0709. The predicted octanol–water partition coefficient (Wildman–Crippen LogP) is 7.23. The number of imidazole rings is 1. The zero-order valence-corrected chi connectivity index (χ0v) is 19.6. The average Bonchev–Trinajstić information content (AvgIpc) is 3.41. The Labute approximate surface area is 192 Å². The van der Waals surface area contributed by atoms with Crippen LogP contribution in [-0.2, 0) is 5.41 Å². The number of aromatic amines is 2. The zero-order valence-electron chi connectivity index (χ0n) is 19.6. The van der Waals surface area contributed by atoms with Crippen molar-refractivity contribution in [2.45, 2.75) is 46.0 Å². The molecule has 0 fully saturated rings. The van der Waals surface area contributed by atoms with Crippen LogP contribution in [0.2, 0.25) is 0 Å².